The van der Waals surface area contributed by atoms with Gasteiger partial charge in [-0.1, -0.05) is 77.9 Å². The van der Waals surface area contributed by atoms with Gasteiger partial charge >= 0.3 is 0 Å². The molecule has 9 heteroatoms. The second-order valence-electron chi connectivity index (χ2n) is 9.73. The number of azo groups is 1. The van der Waals surface area contributed by atoms with Crippen molar-refractivity contribution < 1.29 is 9.90 Å². The fourth-order valence-electron chi connectivity index (χ4n) is 4.72. The maximum atomic E-state index is 13.3. The number of para-hydroxylation sites is 1. The monoisotopic (exact) mass is 547 g/mol. The number of rotatable bonds is 6. The smallest absolute Gasteiger partial charge is 0.284 e. The fraction of sp³-hybridized carbons (Fsp3) is 0.129. The summed E-state index contributed by atoms with van der Waals surface area (Å²) in [6, 6.07) is 23.4. The number of hydrogen-bond acceptors (Lipinski definition) is 6. The first-order chi connectivity index (χ1) is 19.4. The molecule has 1 N–H and O–H groups in total. The first-order valence-corrected chi connectivity index (χ1v) is 13.6. The van der Waals surface area contributed by atoms with Gasteiger partial charge in [0.1, 0.15) is 11.4 Å². The molecule has 0 saturated carbocycles. The number of benzene rings is 3. The predicted molar refractivity (Wildman–Crippen MR) is 157 cm³/mol. The zero-order valence-electron chi connectivity index (χ0n) is 21.9. The summed E-state index contributed by atoms with van der Waals surface area (Å²) >= 11 is 1.39. The minimum Gasteiger partial charge on any atom is -0.493 e. The first-order valence-electron chi connectivity index (χ1n) is 12.7. The lowest BCUT2D eigenvalue weighted by Crippen LogP contribution is -2.23. The second kappa shape index (κ2) is 10.3. The molecular formula is C31H25N5O3S. The highest BCUT2D eigenvalue weighted by molar-refractivity contribution is 7.17. The summed E-state index contributed by atoms with van der Waals surface area (Å²) in [5.41, 5.74) is 5.65. The lowest BCUT2D eigenvalue weighted by molar-refractivity contribution is -0.118. The molecular weight excluding hydrogens is 522 g/mol. The second-order valence-corrected chi connectivity index (χ2v) is 10.6. The van der Waals surface area contributed by atoms with E-state index in [1.165, 1.54) is 22.2 Å². The average molecular weight is 548 g/mol. The van der Waals surface area contributed by atoms with Crippen molar-refractivity contribution in [3.63, 3.8) is 0 Å². The Morgan fingerprint density at radius 3 is 2.42 bits per heavy atom. The highest BCUT2D eigenvalue weighted by Crippen LogP contribution is 2.39. The normalized spacial score (nSPS) is 11.7. The van der Waals surface area contributed by atoms with Crippen LogP contribution >= 0.6 is 11.3 Å². The molecule has 0 aliphatic heterocycles. The molecule has 3 aromatic heterocycles. The molecule has 8 nitrogen and oxygen atoms in total. The van der Waals surface area contributed by atoms with Gasteiger partial charge in [-0.05, 0) is 31.0 Å². The van der Waals surface area contributed by atoms with E-state index in [-0.39, 0.29) is 23.7 Å². The molecule has 6 aromatic rings. The Bertz CT molecular complexity index is 1970. The molecule has 0 radical (unpaired) electrons. The number of aromatic nitrogens is 3. The summed E-state index contributed by atoms with van der Waals surface area (Å²) in [5.74, 6) is -0.718. The van der Waals surface area contributed by atoms with E-state index < -0.39 is 5.91 Å². The number of fused-ring (bicyclic) bond motifs is 2. The molecule has 3 heterocycles. The maximum Gasteiger partial charge on any atom is 0.284 e. The van der Waals surface area contributed by atoms with Gasteiger partial charge < -0.3 is 9.67 Å². The van der Waals surface area contributed by atoms with E-state index in [9.17, 15) is 14.7 Å². The van der Waals surface area contributed by atoms with Crippen LogP contribution in [0.4, 0.5) is 5.69 Å². The van der Waals surface area contributed by atoms with Gasteiger partial charge in [0.05, 0.1) is 23.8 Å². The van der Waals surface area contributed by atoms with E-state index >= 15 is 0 Å². The molecule has 198 valence electrons. The lowest BCUT2D eigenvalue weighted by Gasteiger charge is -2.07. The van der Waals surface area contributed by atoms with Crippen LogP contribution in [0.1, 0.15) is 16.7 Å². The van der Waals surface area contributed by atoms with Gasteiger partial charge in [0.2, 0.25) is 5.88 Å². The third-order valence-corrected chi connectivity index (χ3v) is 7.76. The summed E-state index contributed by atoms with van der Waals surface area (Å²) < 4.78 is 2.99. The summed E-state index contributed by atoms with van der Waals surface area (Å²) in [7, 11) is 0. The number of carbonyl (C=O) groups is 1. The van der Waals surface area contributed by atoms with E-state index in [2.05, 4.69) is 15.2 Å². The quantitative estimate of drug-likeness (QED) is 0.233. The number of aryl methyl sites for hydroxylation is 2. The summed E-state index contributed by atoms with van der Waals surface area (Å²) in [6.45, 7) is 4.14. The first kappa shape index (κ1) is 25.4. The molecule has 6 rings (SSSR count). The SMILES string of the molecule is Cc1ccc(Cn2c(O)c(N=NC(=O)Cn3cnc4scc(-c5ccc(C)cc5)c4c3=O)c3ccccc32)cc1. The van der Waals surface area contributed by atoms with Gasteiger partial charge in [0.15, 0.2) is 5.69 Å². The number of nitrogens with zero attached hydrogens (tertiary/aromatic N) is 5. The summed E-state index contributed by atoms with van der Waals surface area (Å²) in [5, 5.41) is 22.1. The van der Waals surface area contributed by atoms with Crippen molar-refractivity contribution in [3.8, 4) is 17.0 Å². The molecule has 1 amide bonds. The van der Waals surface area contributed by atoms with Crippen LogP contribution in [0.15, 0.2) is 99.5 Å². The zero-order chi connectivity index (χ0) is 27.8. The minimum atomic E-state index is -0.634. The van der Waals surface area contributed by atoms with Crippen molar-refractivity contribution in [2.45, 2.75) is 26.9 Å². The van der Waals surface area contributed by atoms with Crippen LogP contribution in [0, 0.1) is 13.8 Å². The largest absolute Gasteiger partial charge is 0.493 e. The lowest BCUT2D eigenvalue weighted by atomic mass is 10.1. The Morgan fingerprint density at radius 2 is 1.68 bits per heavy atom. The molecule has 40 heavy (non-hydrogen) atoms. The molecule has 0 aliphatic rings. The molecule has 0 fully saturated rings. The number of amides is 1. The predicted octanol–water partition coefficient (Wildman–Crippen LogP) is 6.76. The van der Waals surface area contributed by atoms with Gasteiger partial charge in [-0.2, -0.15) is 0 Å². The standard InChI is InChI=1S/C31H25N5O3S/c1-19-7-11-21(12-8-19)15-36-25-6-4-3-5-23(25)28(31(36)39)34-33-26(37)16-35-18-32-29-27(30(35)38)24(17-40-29)22-13-9-20(2)10-14-22/h3-14,17-18,39H,15-16H2,1-2H3. The van der Waals surface area contributed by atoms with Crippen LogP contribution in [0.2, 0.25) is 0 Å². The Morgan fingerprint density at radius 1 is 0.975 bits per heavy atom. The van der Waals surface area contributed by atoms with E-state index in [1.54, 1.807) is 4.57 Å². The molecule has 0 bridgehead atoms. The third kappa shape index (κ3) is 4.71. The Hall–Kier alpha value is -4.89. The highest BCUT2D eigenvalue weighted by atomic mass is 32.1. The maximum absolute atomic E-state index is 13.3. The van der Waals surface area contributed by atoms with Gasteiger partial charge in [-0.25, -0.2) is 4.98 Å². The Labute approximate surface area is 233 Å². The van der Waals surface area contributed by atoms with Gasteiger partial charge in [-0.3, -0.25) is 14.2 Å². The van der Waals surface area contributed by atoms with Crippen molar-refractivity contribution in [1.82, 2.24) is 14.1 Å². The molecule has 0 aliphatic carbocycles. The summed E-state index contributed by atoms with van der Waals surface area (Å²) in [4.78, 5) is 31.2. The van der Waals surface area contributed by atoms with E-state index in [4.69, 9.17) is 0 Å². The number of hydrogen-bond donors (Lipinski definition) is 1. The third-order valence-electron chi connectivity index (χ3n) is 6.87. The topological polar surface area (TPSA) is 102 Å². The minimum absolute atomic E-state index is 0.0837. The van der Waals surface area contributed by atoms with Crippen LogP contribution in [0.25, 0.3) is 32.2 Å². The van der Waals surface area contributed by atoms with Crippen LogP contribution < -0.4 is 5.56 Å². The number of thiophene rings is 1. The summed E-state index contributed by atoms with van der Waals surface area (Å²) in [6.07, 6.45) is 1.36. The van der Waals surface area contributed by atoms with E-state index in [1.807, 2.05) is 92.0 Å². The molecule has 0 unspecified atom stereocenters. The van der Waals surface area contributed by atoms with Crippen molar-refractivity contribution in [3.05, 3.63) is 112 Å². The molecule has 0 atom stereocenters. The van der Waals surface area contributed by atoms with Crippen molar-refractivity contribution in [2.75, 3.05) is 0 Å². The van der Waals surface area contributed by atoms with Crippen molar-refractivity contribution >= 4 is 44.1 Å². The van der Waals surface area contributed by atoms with Gasteiger partial charge in [-0.15, -0.1) is 21.6 Å². The van der Waals surface area contributed by atoms with Crippen molar-refractivity contribution in [1.29, 1.82) is 0 Å². The van der Waals surface area contributed by atoms with Gasteiger partial charge in [0.25, 0.3) is 11.5 Å². The van der Waals surface area contributed by atoms with Gasteiger partial charge in [0, 0.05) is 16.3 Å². The van der Waals surface area contributed by atoms with E-state index in [0.717, 1.165) is 33.3 Å². The Kier molecular flexibility index (Phi) is 6.57. The number of aromatic hydroxyl groups is 1. The average Bonchev–Trinajstić information content (AvgIpc) is 3.50. The highest BCUT2D eigenvalue weighted by Gasteiger charge is 2.18. The Balaban J connectivity index is 1.29. The van der Waals surface area contributed by atoms with Crippen LogP contribution in [-0.4, -0.2) is 25.1 Å². The molecule has 0 saturated heterocycles. The molecule has 0 spiro atoms. The fourth-order valence-corrected chi connectivity index (χ4v) is 5.62. The van der Waals surface area contributed by atoms with Crippen LogP contribution in [-0.2, 0) is 17.9 Å². The number of carbonyl (C=O) groups excluding carboxylic acids is 1. The van der Waals surface area contributed by atoms with Crippen LogP contribution in [0.5, 0.6) is 5.88 Å². The van der Waals surface area contributed by atoms with E-state index in [0.29, 0.717) is 22.1 Å². The van der Waals surface area contributed by atoms with Crippen LogP contribution in [0.3, 0.4) is 0 Å². The molecule has 3 aromatic carbocycles. The zero-order valence-corrected chi connectivity index (χ0v) is 22.7. The van der Waals surface area contributed by atoms with Crippen molar-refractivity contribution in [2.24, 2.45) is 10.2 Å².